The summed E-state index contributed by atoms with van der Waals surface area (Å²) in [6.07, 6.45) is 5.67. The van der Waals surface area contributed by atoms with Crippen LogP contribution in [-0.2, 0) is 17.9 Å². The van der Waals surface area contributed by atoms with Crippen LogP contribution in [0.2, 0.25) is 0 Å². The summed E-state index contributed by atoms with van der Waals surface area (Å²) in [6, 6.07) is 3.92. The third-order valence-electron chi connectivity index (χ3n) is 4.59. The highest BCUT2D eigenvalue weighted by Gasteiger charge is 2.25. The van der Waals surface area contributed by atoms with E-state index >= 15 is 0 Å². The molecule has 1 saturated heterocycles. The number of piperidine rings is 1. The van der Waals surface area contributed by atoms with Gasteiger partial charge in [-0.15, -0.1) is 0 Å². The minimum atomic E-state index is -0.861. The van der Waals surface area contributed by atoms with E-state index < -0.39 is 5.97 Å². The molecule has 134 valence electrons. The van der Waals surface area contributed by atoms with Gasteiger partial charge in [0.05, 0.1) is 5.69 Å². The van der Waals surface area contributed by atoms with Gasteiger partial charge in [0, 0.05) is 43.0 Å². The molecule has 0 radical (unpaired) electrons. The molecule has 1 aliphatic rings. The average molecular weight is 343 g/mol. The number of rotatable bonds is 6. The van der Waals surface area contributed by atoms with E-state index in [4.69, 9.17) is 5.11 Å². The predicted molar refractivity (Wildman–Crippen MR) is 93.2 cm³/mol. The van der Waals surface area contributed by atoms with Crippen LogP contribution in [0.3, 0.4) is 0 Å². The summed E-state index contributed by atoms with van der Waals surface area (Å²) in [4.78, 5) is 22.4. The highest BCUT2D eigenvalue weighted by atomic mass is 16.4. The Balaban J connectivity index is 1.68. The molecule has 7 heteroatoms. The van der Waals surface area contributed by atoms with Gasteiger partial charge in [-0.2, -0.15) is 5.10 Å². The Morgan fingerprint density at radius 3 is 2.96 bits per heavy atom. The Morgan fingerprint density at radius 1 is 1.36 bits per heavy atom. The number of carbonyl (C=O) groups is 1. The van der Waals surface area contributed by atoms with Crippen LogP contribution < -0.4 is 0 Å². The third-order valence-corrected chi connectivity index (χ3v) is 4.59. The first-order valence-electron chi connectivity index (χ1n) is 8.80. The topological polar surface area (TPSA) is 84.1 Å². The van der Waals surface area contributed by atoms with Crippen LogP contribution in [0.15, 0.2) is 24.5 Å². The van der Waals surface area contributed by atoms with Gasteiger partial charge in [0.2, 0.25) is 0 Å². The summed E-state index contributed by atoms with van der Waals surface area (Å²) >= 11 is 0. The normalized spacial score (nSPS) is 18.6. The molecule has 1 fully saturated rings. The molecule has 1 N–H and O–H groups in total. The van der Waals surface area contributed by atoms with Gasteiger partial charge in [0.1, 0.15) is 12.4 Å². The fourth-order valence-electron chi connectivity index (χ4n) is 3.40. The summed E-state index contributed by atoms with van der Waals surface area (Å²) in [7, 11) is 0. The lowest BCUT2D eigenvalue weighted by Crippen LogP contribution is -2.35. The monoisotopic (exact) mass is 343 g/mol. The quantitative estimate of drug-likeness (QED) is 0.866. The molecular weight excluding hydrogens is 318 g/mol. The maximum absolute atomic E-state index is 11.0. The molecular formula is C18H25N5O2. The molecule has 0 amide bonds. The van der Waals surface area contributed by atoms with Crippen LogP contribution in [-0.4, -0.2) is 48.8 Å². The van der Waals surface area contributed by atoms with Crippen molar-refractivity contribution in [3.63, 3.8) is 0 Å². The van der Waals surface area contributed by atoms with Gasteiger partial charge < -0.3 is 5.11 Å². The minimum Gasteiger partial charge on any atom is -0.480 e. The van der Waals surface area contributed by atoms with E-state index in [0.29, 0.717) is 11.8 Å². The number of likely N-dealkylation sites (tertiary alicyclic amines) is 1. The van der Waals surface area contributed by atoms with Crippen LogP contribution in [0.5, 0.6) is 0 Å². The molecule has 0 aromatic carbocycles. The molecule has 7 nitrogen and oxygen atoms in total. The van der Waals surface area contributed by atoms with Crippen LogP contribution in [0, 0.1) is 0 Å². The van der Waals surface area contributed by atoms with Crippen molar-refractivity contribution in [2.24, 2.45) is 0 Å². The second-order valence-corrected chi connectivity index (χ2v) is 6.94. The molecule has 0 spiro atoms. The largest absolute Gasteiger partial charge is 0.480 e. The summed E-state index contributed by atoms with van der Waals surface area (Å²) in [5.74, 6) is 0.645. The average Bonchev–Trinajstić information content (AvgIpc) is 3.02. The number of aromatic nitrogens is 4. The Morgan fingerprint density at radius 2 is 2.20 bits per heavy atom. The lowest BCUT2D eigenvalue weighted by molar-refractivity contribution is -0.137. The van der Waals surface area contributed by atoms with Crippen molar-refractivity contribution in [1.29, 1.82) is 0 Å². The van der Waals surface area contributed by atoms with E-state index in [9.17, 15) is 4.79 Å². The zero-order chi connectivity index (χ0) is 17.8. The molecule has 3 heterocycles. The molecule has 3 rings (SSSR count). The van der Waals surface area contributed by atoms with Crippen molar-refractivity contribution in [3.8, 4) is 0 Å². The van der Waals surface area contributed by atoms with Crippen LogP contribution in [0.4, 0.5) is 0 Å². The second-order valence-electron chi connectivity index (χ2n) is 6.94. The van der Waals surface area contributed by atoms with Crippen molar-refractivity contribution in [2.75, 3.05) is 13.1 Å². The molecule has 0 saturated carbocycles. The van der Waals surface area contributed by atoms with Crippen LogP contribution in [0.1, 0.15) is 55.7 Å². The molecule has 1 aliphatic heterocycles. The number of nitrogens with zero attached hydrogens (tertiary/aromatic N) is 5. The van der Waals surface area contributed by atoms with Gasteiger partial charge in [-0.3, -0.25) is 14.4 Å². The molecule has 0 bridgehead atoms. The first kappa shape index (κ1) is 17.5. The fourth-order valence-corrected chi connectivity index (χ4v) is 3.40. The van der Waals surface area contributed by atoms with E-state index in [1.54, 1.807) is 10.9 Å². The first-order chi connectivity index (χ1) is 12.0. The summed E-state index contributed by atoms with van der Waals surface area (Å²) < 4.78 is 1.61. The maximum Gasteiger partial charge on any atom is 0.325 e. The second kappa shape index (κ2) is 7.74. The number of carboxylic acid groups (broad SMARTS) is 1. The van der Waals surface area contributed by atoms with E-state index in [1.807, 2.05) is 18.3 Å². The minimum absolute atomic E-state index is 0.0809. The van der Waals surface area contributed by atoms with Crippen molar-refractivity contribution in [3.05, 3.63) is 41.7 Å². The summed E-state index contributed by atoms with van der Waals surface area (Å²) in [6.45, 7) is 6.84. The Hall–Kier alpha value is -2.28. The fraction of sp³-hybridized carbons (Fsp3) is 0.556. The smallest absolute Gasteiger partial charge is 0.325 e. The van der Waals surface area contributed by atoms with E-state index in [1.165, 1.54) is 0 Å². The molecule has 25 heavy (non-hydrogen) atoms. The van der Waals surface area contributed by atoms with Gasteiger partial charge in [-0.1, -0.05) is 13.8 Å². The summed E-state index contributed by atoms with van der Waals surface area (Å²) in [5, 5.41) is 13.2. The van der Waals surface area contributed by atoms with Crippen LogP contribution >= 0.6 is 0 Å². The van der Waals surface area contributed by atoms with Gasteiger partial charge >= 0.3 is 5.97 Å². The number of hydrogen-bond donors (Lipinski definition) is 1. The number of hydrogen-bond acceptors (Lipinski definition) is 5. The van der Waals surface area contributed by atoms with E-state index in [-0.39, 0.29) is 6.54 Å². The van der Waals surface area contributed by atoms with Gasteiger partial charge in [-0.05, 0) is 31.5 Å². The van der Waals surface area contributed by atoms with Gasteiger partial charge in [0.15, 0.2) is 0 Å². The molecule has 1 atom stereocenters. The Labute approximate surface area is 147 Å². The molecule has 2 aromatic rings. The third kappa shape index (κ3) is 4.42. The van der Waals surface area contributed by atoms with E-state index in [2.05, 4.69) is 33.8 Å². The predicted octanol–water partition coefficient (Wildman–Crippen LogP) is 2.26. The zero-order valence-corrected chi connectivity index (χ0v) is 14.8. The Bertz CT molecular complexity index is 728. The van der Waals surface area contributed by atoms with E-state index in [0.717, 1.165) is 49.7 Å². The van der Waals surface area contributed by atoms with Crippen molar-refractivity contribution in [1.82, 2.24) is 24.6 Å². The highest BCUT2D eigenvalue weighted by Crippen LogP contribution is 2.27. The van der Waals surface area contributed by atoms with Crippen molar-refractivity contribution in [2.45, 2.75) is 51.6 Å². The number of aliphatic carboxylic acids is 1. The maximum atomic E-state index is 11.0. The zero-order valence-electron chi connectivity index (χ0n) is 14.8. The van der Waals surface area contributed by atoms with Gasteiger partial charge in [0.25, 0.3) is 0 Å². The molecule has 0 aliphatic carbocycles. The SMILES string of the molecule is CC(C)c1nccc(CN2CCCC(c3ccnn3CC(=O)O)C2)n1. The first-order valence-corrected chi connectivity index (χ1v) is 8.80. The van der Waals surface area contributed by atoms with Crippen molar-refractivity contribution >= 4 is 5.97 Å². The lowest BCUT2D eigenvalue weighted by atomic mass is 9.94. The molecule has 1 unspecified atom stereocenters. The van der Waals surface area contributed by atoms with Crippen molar-refractivity contribution < 1.29 is 9.90 Å². The summed E-state index contributed by atoms with van der Waals surface area (Å²) in [5.41, 5.74) is 2.05. The highest BCUT2D eigenvalue weighted by molar-refractivity contribution is 5.66. The standard InChI is InChI=1S/C18H25N5O2/c1-13(2)18-19-7-5-15(21-18)11-22-9-3-4-14(10-22)16-6-8-20-23(16)12-17(24)25/h5-8,13-14H,3-4,9-12H2,1-2H3,(H,24,25). The van der Waals surface area contributed by atoms with Crippen LogP contribution in [0.25, 0.3) is 0 Å². The Kier molecular flexibility index (Phi) is 5.43. The van der Waals surface area contributed by atoms with Gasteiger partial charge in [-0.25, -0.2) is 9.97 Å². The number of carboxylic acids is 1. The lowest BCUT2D eigenvalue weighted by Gasteiger charge is -2.32. The molecule has 2 aromatic heterocycles.